The first-order chi connectivity index (χ1) is 6.58. The molecule has 2 heterocycles. The van der Waals surface area contributed by atoms with Crippen molar-refractivity contribution in [2.75, 3.05) is 27.2 Å². The van der Waals surface area contributed by atoms with Gasteiger partial charge in [0.05, 0.1) is 6.54 Å². The zero-order valence-electron chi connectivity index (χ0n) is 9.02. The number of carboxylic acids is 1. The van der Waals surface area contributed by atoms with Crippen molar-refractivity contribution in [1.82, 2.24) is 10.0 Å². The summed E-state index contributed by atoms with van der Waals surface area (Å²) in [5.74, 6) is -0.935. The SMILES string of the molecule is CN1CC2=C(CN1C)[S-]C(C(=O)O)=N2.[Li+]. The molecule has 2 aliphatic rings. The molecule has 0 bridgehead atoms. The first-order valence-corrected chi connectivity index (χ1v) is 5.03. The molecule has 0 unspecified atom stereocenters. The van der Waals surface area contributed by atoms with Crippen molar-refractivity contribution in [3.05, 3.63) is 10.6 Å². The molecule has 7 heteroatoms. The predicted molar refractivity (Wildman–Crippen MR) is 54.7 cm³/mol. The minimum atomic E-state index is -0.935. The minimum absolute atomic E-state index is 0. The number of hydrogen-bond acceptors (Lipinski definition) is 5. The van der Waals surface area contributed by atoms with Crippen LogP contribution >= 0.6 is 0 Å². The normalized spacial score (nSPS) is 22.1. The van der Waals surface area contributed by atoms with Crippen molar-refractivity contribution in [1.29, 1.82) is 0 Å². The maximum Gasteiger partial charge on any atom is 1.00 e. The van der Waals surface area contributed by atoms with E-state index in [4.69, 9.17) is 5.11 Å². The quantitative estimate of drug-likeness (QED) is 0.368. The van der Waals surface area contributed by atoms with E-state index in [-0.39, 0.29) is 23.9 Å². The monoisotopic (exact) mass is 220 g/mol. The van der Waals surface area contributed by atoms with Crippen LogP contribution in [0.2, 0.25) is 0 Å². The molecule has 1 N–H and O–H groups in total. The first kappa shape index (κ1) is 12.8. The van der Waals surface area contributed by atoms with Crippen LogP contribution in [-0.4, -0.2) is 53.3 Å². The maximum absolute atomic E-state index is 10.7. The third kappa shape index (κ3) is 2.46. The van der Waals surface area contributed by atoms with E-state index >= 15 is 0 Å². The van der Waals surface area contributed by atoms with Gasteiger partial charge < -0.3 is 16.9 Å². The Balaban J connectivity index is 0.00000112. The molecule has 5 nitrogen and oxygen atoms in total. The summed E-state index contributed by atoms with van der Waals surface area (Å²) in [5, 5.41) is 13.0. The standard InChI is InChI=1S/C8H11N3O2S.Li/c1-10-3-5-6(4-11(10)2)14-7(9-5)8(12)13;/h3-4H2,1-2H3,(H,12,13);/q-1;+1. The van der Waals surface area contributed by atoms with E-state index in [2.05, 4.69) is 4.99 Å². The fraction of sp³-hybridized carbons (Fsp3) is 0.500. The summed E-state index contributed by atoms with van der Waals surface area (Å²) in [6.07, 6.45) is 0. The summed E-state index contributed by atoms with van der Waals surface area (Å²) in [6, 6.07) is 0. The molecular formula is C8H11LiN3O2S. The zero-order chi connectivity index (χ0) is 10.3. The third-order valence-corrected chi connectivity index (χ3v) is 3.37. The second-order valence-electron chi connectivity index (χ2n) is 3.33. The molecule has 15 heavy (non-hydrogen) atoms. The average Bonchev–Trinajstić information content (AvgIpc) is 2.48. The van der Waals surface area contributed by atoms with Crippen LogP contribution in [0.15, 0.2) is 15.6 Å². The Hall–Kier alpha value is -0.253. The summed E-state index contributed by atoms with van der Waals surface area (Å²) in [4.78, 5) is 15.8. The van der Waals surface area contributed by atoms with Gasteiger partial charge in [0, 0.05) is 31.4 Å². The minimum Gasteiger partial charge on any atom is -0.543 e. The fourth-order valence-electron chi connectivity index (χ4n) is 1.39. The second kappa shape index (κ2) is 4.72. The van der Waals surface area contributed by atoms with Gasteiger partial charge in [-0.25, -0.2) is 14.8 Å². The molecule has 2 aliphatic heterocycles. The number of rotatable bonds is 1. The van der Waals surface area contributed by atoms with Crippen LogP contribution in [0.25, 0.3) is 0 Å². The molecule has 0 saturated carbocycles. The van der Waals surface area contributed by atoms with Gasteiger partial charge in [-0.15, -0.1) is 0 Å². The molecule has 0 aromatic rings. The van der Waals surface area contributed by atoms with Gasteiger partial charge in [0.1, 0.15) is 0 Å². The van der Waals surface area contributed by atoms with Crippen molar-refractivity contribution in [2.45, 2.75) is 0 Å². The van der Waals surface area contributed by atoms with Gasteiger partial charge in [-0.2, -0.15) is 4.91 Å². The number of aliphatic carboxylic acids is 1. The van der Waals surface area contributed by atoms with Gasteiger partial charge in [0.25, 0.3) is 0 Å². The Morgan fingerprint density at radius 2 is 2.00 bits per heavy atom. The fourth-order valence-corrected chi connectivity index (χ4v) is 2.34. The average molecular weight is 220 g/mol. The zero-order valence-corrected chi connectivity index (χ0v) is 9.84. The van der Waals surface area contributed by atoms with Crippen molar-refractivity contribution < 1.29 is 28.8 Å². The maximum atomic E-state index is 10.7. The Morgan fingerprint density at radius 3 is 2.60 bits per heavy atom. The topological polar surface area (TPSA) is 56.1 Å². The van der Waals surface area contributed by atoms with E-state index in [0.29, 0.717) is 6.54 Å². The van der Waals surface area contributed by atoms with Crippen LogP contribution in [-0.2, 0) is 16.6 Å². The number of carbonyl (C=O) groups is 1. The van der Waals surface area contributed by atoms with Gasteiger partial charge in [0.15, 0.2) is 0 Å². The van der Waals surface area contributed by atoms with Gasteiger partial charge in [-0.1, -0.05) is 0 Å². The Morgan fingerprint density at radius 1 is 1.40 bits per heavy atom. The van der Waals surface area contributed by atoms with Crippen molar-refractivity contribution in [2.24, 2.45) is 4.99 Å². The third-order valence-electron chi connectivity index (χ3n) is 2.30. The van der Waals surface area contributed by atoms with Crippen LogP contribution in [0.5, 0.6) is 0 Å². The molecule has 0 aromatic carbocycles. The number of likely N-dealkylation sites (N-methyl/N-ethyl adjacent to an activating group) is 2. The summed E-state index contributed by atoms with van der Waals surface area (Å²) < 4.78 is 0. The van der Waals surface area contributed by atoms with Gasteiger partial charge in [-0.3, -0.25) is 4.99 Å². The number of nitrogens with zero attached hydrogens (tertiary/aromatic N) is 3. The Kier molecular flexibility index (Phi) is 4.04. The molecule has 2 rings (SSSR count). The summed E-state index contributed by atoms with van der Waals surface area (Å²) in [7, 11) is 3.94. The van der Waals surface area contributed by atoms with Crippen molar-refractivity contribution in [3.63, 3.8) is 0 Å². The number of carboxylic acid groups (broad SMARTS) is 1. The van der Waals surface area contributed by atoms with Crippen molar-refractivity contribution >= 4 is 22.8 Å². The van der Waals surface area contributed by atoms with Gasteiger partial charge >= 0.3 is 24.8 Å². The van der Waals surface area contributed by atoms with E-state index < -0.39 is 5.97 Å². The molecule has 1 radical (unpaired) electrons. The van der Waals surface area contributed by atoms with Gasteiger partial charge in [-0.05, 0) is 0 Å². The summed E-state index contributed by atoms with van der Waals surface area (Å²) in [5.41, 5.74) is 0.896. The van der Waals surface area contributed by atoms with Crippen molar-refractivity contribution in [3.8, 4) is 0 Å². The van der Waals surface area contributed by atoms with E-state index in [0.717, 1.165) is 17.1 Å². The molecule has 0 aromatic heterocycles. The van der Waals surface area contributed by atoms with E-state index in [1.165, 1.54) is 11.8 Å². The smallest absolute Gasteiger partial charge is 0.543 e. The molecular weight excluding hydrogens is 209 g/mol. The summed E-state index contributed by atoms with van der Waals surface area (Å²) in [6.45, 7) is 1.44. The van der Waals surface area contributed by atoms with Crippen LogP contribution < -0.4 is 18.9 Å². The number of hydrazine groups is 1. The number of aliphatic imine (C=N–C) groups is 1. The van der Waals surface area contributed by atoms with E-state index in [9.17, 15) is 4.79 Å². The molecule has 0 spiro atoms. The first-order valence-electron chi connectivity index (χ1n) is 4.22. The predicted octanol–water partition coefficient (Wildman–Crippen LogP) is -3.43. The van der Waals surface area contributed by atoms with Crippen LogP contribution in [0.3, 0.4) is 0 Å². The molecule has 0 fully saturated rings. The Bertz CT molecular complexity index is 356. The number of hydrogen-bond donors (Lipinski definition) is 1. The van der Waals surface area contributed by atoms with E-state index in [1.807, 2.05) is 24.1 Å². The molecule has 77 valence electrons. The van der Waals surface area contributed by atoms with E-state index in [1.54, 1.807) is 0 Å². The summed E-state index contributed by atoms with van der Waals surface area (Å²) >= 11 is 1.27. The van der Waals surface area contributed by atoms with Crippen LogP contribution in [0.1, 0.15) is 0 Å². The largest absolute Gasteiger partial charge is 1.00 e. The second-order valence-corrected chi connectivity index (χ2v) is 4.41. The Labute approximate surface area is 104 Å². The number of thioether (sulfide) groups is 1. The van der Waals surface area contributed by atoms with Gasteiger partial charge in [0.2, 0.25) is 0 Å². The molecule has 0 aliphatic carbocycles. The molecule has 0 amide bonds. The van der Waals surface area contributed by atoms with Crippen LogP contribution in [0, 0.1) is 0 Å². The molecule has 0 atom stereocenters. The molecule has 0 saturated heterocycles. The van der Waals surface area contributed by atoms with Crippen LogP contribution in [0.4, 0.5) is 0 Å².